The van der Waals surface area contributed by atoms with Gasteiger partial charge in [-0.05, 0) is 24.6 Å². The quantitative estimate of drug-likeness (QED) is 0.563. The monoisotopic (exact) mass is 280 g/mol. The van der Waals surface area contributed by atoms with E-state index in [-0.39, 0.29) is 0 Å². The van der Waals surface area contributed by atoms with Gasteiger partial charge in [0.2, 0.25) is 0 Å². The van der Waals surface area contributed by atoms with Crippen LogP contribution in [0, 0.1) is 0 Å². The van der Waals surface area contributed by atoms with Crippen LogP contribution in [0.5, 0.6) is 0 Å². The van der Waals surface area contributed by atoms with Crippen LogP contribution in [0.25, 0.3) is 27.1 Å². The highest BCUT2D eigenvalue weighted by molar-refractivity contribution is 7.18. The van der Waals surface area contributed by atoms with Gasteiger partial charge in [0, 0.05) is 4.88 Å². The molecule has 0 aliphatic carbocycles. The van der Waals surface area contributed by atoms with Gasteiger partial charge >= 0.3 is 0 Å². The number of hydrogen-bond donors (Lipinski definition) is 0. The van der Waals surface area contributed by atoms with Crippen LogP contribution in [-0.2, 0) is 6.42 Å². The van der Waals surface area contributed by atoms with Crippen LogP contribution in [0.1, 0.15) is 11.8 Å². The smallest absolute Gasteiger partial charge is 0.150 e. The number of hydrogen-bond acceptors (Lipinski definition) is 4. The fourth-order valence-corrected chi connectivity index (χ4v) is 3.32. The zero-order chi connectivity index (χ0) is 13.5. The lowest BCUT2D eigenvalue weighted by atomic mass is 10.3. The summed E-state index contributed by atoms with van der Waals surface area (Å²) < 4.78 is 2.03. The first-order valence-corrected chi connectivity index (χ1v) is 7.34. The topological polar surface area (TPSA) is 43.6 Å². The molecule has 3 aromatic heterocycles. The summed E-state index contributed by atoms with van der Waals surface area (Å²) in [5.41, 5.74) is 2.04. The molecule has 4 rings (SSSR count). The molecule has 0 radical (unpaired) electrons. The standard InChI is InChI=1S/C15H12N4S/c1-2-10-7-11-14(16-8-17-15(11)20-10)19-9-18-12-5-3-4-6-13(12)19/h3-9H,2H2,1H3. The van der Waals surface area contributed by atoms with Gasteiger partial charge in [-0.25, -0.2) is 15.0 Å². The molecular formula is C15H12N4S. The highest BCUT2D eigenvalue weighted by Gasteiger charge is 2.11. The molecule has 0 saturated heterocycles. The average molecular weight is 280 g/mol. The zero-order valence-electron chi connectivity index (χ0n) is 10.9. The van der Waals surface area contributed by atoms with E-state index in [2.05, 4.69) is 34.0 Å². The number of thiophene rings is 1. The Morgan fingerprint density at radius 2 is 2.05 bits per heavy atom. The lowest BCUT2D eigenvalue weighted by molar-refractivity contribution is 1.02. The maximum atomic E-state index is 4.47. The van der Waals surface area contributed by atoms with Gasteiger partial charge in [0.05, 0.1) is 16.4 Å². The molecule has 4 aromatic rings. The molecule has 1 aromatic carbocycles. The summed E-state index contributed by atoms with van der Waals surface area (Å²) in [4.78, 5) is 15.6. The number of aromatic nitrogens is 4. The van der Waals surface area contributed by atoms with Crippen LogP contribution in [0.3, 0.4) is 0 Å². The Bertz CT molecular complexity index is 906. The lowest BCUT2D eigenvalue weighted by Gasteiger charge is -2.03. The van der Waals surface area contributed by atoms with Crippen molar-refractivity contribution in [2.75, 3.05) is 0 Å². The van der Waals surface area contributed by atoms with E-state index in [0.717, 1.165) is 33.5 Å². The predicted octanol–water partition coefficient (Wildman–Crippen LogP) is 3.59. The first-order chi connectivity index (χ1) is 9.86. The van der Waals surface area contributed by atoms with E-state index in [0.29, 0.717) is 0 Å². The second-order valence-corrected chi connectivity index (χ2v) is 5.70. The second kappa shape index (κ2) is 4.38. The normalized spacial score (nSPS) is 11.4. The Kier molecular flexibility index (Phi) is 2.53. The van der Waals surface area contributed by atoms with Crippen molar-refractivity contribution in [1.29, 1.82) is 0 Å². The fraction of sp³-hybridized carbons (Fsp3) is 0.133. The summed E-state index contributed by atoms with van der Waals surface area (Å²) in [6.45, 7) is 2.16. The van der Waals surface area contributed by atoms with Gasteiger partial charge in [0.1, 0.15) is 17.5 Å². The summed E-state index contributed by atoms with van der Waals surface area (Å²) in [6.07, 6.45) is 4.48. The van der Waals surface area contributed by atoms with Crippen LogP contribution in [0.15, 0.2) is 43.0 Å². The van der Waals surface area contributed by atoms with E-state index in [9.17, 15) is 0 Å². The molecule has 0 atom stereocenters. The number of aryl methyl sites for hydroxylation is 1. The van der Waals surface area contributed by atoms with Crippen molar-refractivity contribution in [3.8, 4) is 5.82 Å². The third-order valence-electron chi connectivity index (χ3n) is 3.39. The minimum Gasteiger partial charge on any atom is -0.282 e. The molecule has 20 heavy (non-hydrogen) atoms. The largest absolute Gasteiger partial charge is 0.282 e. The van der Waals surface area contributed by atoms with E-state index in [1.807, 2.05) is 29.1 Å². The minimum atomic E-state index is 0.902. The summed E-state index contributed by atoms with van der Waals surface area (Å²) >= 11 is 1.73. The minimum absolute atomic E-state index is 0.902. The third-order valence-corrected chi connectivity index (χ3v) is 4.58. The van der Waals surface area contributed by atoms with Gasteiger partial charge in [-0.3, -0.25) is 4.57 Å². The SMILES string of the molecule is CCc1cc2c(-n3cnc4ccccc43)ncnc2s1. The van der Waals surface area contributed by atoms with Crippen molar-refractivity contribution in [2.45, 2.75) is 13.3 Å². The molecule has 0 saturated carbocycles. The molecule has 0 amide bonds. The number of rotatable bonds is 2. The van der Waals surface area contributed by atoms with Crippen LogP contribution in [-0.4, -0.2) is 19.5 Å². The first-order valence-electron chi connectivity index (χ1n) is 6.52. The molecule has 4 nitrogen and oxygen atoms in total. The van der Waals surface area contributed by atoms with Gasteiger partial charge in [0.25, 0.3) is 0 Å². The summed E-state index contributed by atoms with van der Waals surface area (Å²) in [5, 5.41) is 1.09. The van der Waals surface area contributed by atoms with Crippen LogP contribution in [0.4, 0.5) is 0 Å². The van der Waals surface area contributed by atoms with Crippen molar-refractivity contribution in [2.24, 2.45) is 0 Å². The highest BCUT2D eigenvalue weighted by Crippen LogP contribution is 2.29. The number of nitrogens with zero attached hydrogens (tertiary/aromatic N) is 4. The van der Waals surface area contributed by atoms with Crippen LogP contribution in [0.2, 0.25) is 0 Å². The molecule has 98 valence electrons. The number of benzene rings is 1. The average Bonchev–Trinajstić information content (AvgIpc) is 3.10. The van der Waals surface area contributed by atoms with E-state index < -0.39 is 0 Å². The van der Waals surface area contributed by atoms with E-state index in [4.69, 9.17) is 0 Å². The fourth-order valence-electron chi connectivity index (χ4n) is 2.39. The Morgan fingerprint density at radius 3 is 2.95 bits per heavy atom. The Hall–Kier alpha value is -2.27. The molecule has 0 aliphatic heterocycles. The van der Waals surface area contributed by atoms with Crippen LogP contribution < -0.4 is 0 Å². The number of fused-ring (bicyclic) bond motifs is 2. The molecule has 0 spiro atoms. The lowest BCUT2D eigenvalue weighted by Crippen LogP contribution is -1.96. The van der Waals surface area contributed by atoms with Gasteiger partial charge in [0.15, 0.2) is 5.82 Å². The van der Waals surface area contributed by atoms with Gasteiger partial charge in [-0.2, -0.15) is 0 Å². The molecule has 3 heterocycles. The third kappa shape index (κ3) is 1.63. The van der Waals surface area contributed by atoms with E-state index >= 15 is 0 Å². The molecule has 0 unspecified atom stereocenters. The number of imidazole rings is 1. The zero-order valence-corrected chi connectivity index (χ0v) is 11.8. The molecule has 0 bridgehead atoms. The highest BCUT2D eigenvalue weighted by atomic mass is 32.1. The van der Waals surface area contributed by atoms with Crippen molar-refractivity contribution < 1.29 is 0 Å². The van der Waals surface area contributed by atoms with E-state index in [1.165, 1.54) is 4.88 Å². The summed E-state index contributed by atoms with van der Waals surface area (Å²) in [6, 6.07) is 10.3. The maximum absolute atomic E-state index is 4.47. The molecule has 0 fully saturated rings. The van der Waals surface area contributed by atoms with Crippen molar-refractivity contribution in [3.05, 3.63) is 47.9 Å². The molecule has 5 heteroatoms. The predicted molar refractivity (Wildman–Crippen MR) is 81.4 cm³/mol. The van der Waals surface area contributed by atoms with Crippen molar-refractivity contribution in [3.63, 3.8) is 0 Å². The summed E-state index contributed by atoms with van der Waals surface area (Å²) in [5.74, 6) is 0.902. The van der Waals surface area contributed by atoms with Crippen molar-refractivity contribution >= 4 is 32.6 Å². The second-order valence-electron chi connectivity index (χ2n) is 4.59. The molecule has 0 N–H and O–H groups in total. The Labute approximate surface area is 119 Å². The summed E-state index contributed by atoms with van der Waals surface area (Å²) in [7, 11) is 0. The molecule has 0 aliphatic rings. The van der Waals surface area contributed by atoms with Crippen molar-refractivity contribution in [1.82, 2.24) is 19.5 Å². The Balaban J connectivity index is 2.04. The van der Waals surface area contributed by atoms with Gasteiger partial charge < -0.3 is 0 Å². The van der Waals surface area contributed by atoms with Gasteiger partial charge in [-0.15, -0.1) is 11.3 Å². The first kappa shape index (κ1) is 11.5. The van der Waals surface area contributed by atoms with Crippen LogP contribution >= 0.6 is 11.3 Å². The molecular weight excluding hydrogens is 268 g/mol. The van der Waals surface area contributed by atoms with E-state index in [1.54, 1.807) is 17.7 Å². The number of para-hydroxylation sites is 2. The Morgan fingerprint density at radius 1 is 1.15 bits per heavy atom. The maximum Gasteiger partial charge on any atom is 0.150 e. The van der Waals surface area contributed by atoms with Gasteiger partial charge in [-0.1, -0.05) is 19.1 Å².